The molecule has 0 spiro atoms. The molecule has 0 amide bonds. The molecule has 0 bridgehead atoms. The van der Waals surface area contributed by atoms with Crippen molar-refractivity contribution in [1.82, 2.24) is 5.32 Å². The second-order valence-corrected chi connectivity index (χ2v) is 5.06. The van der Waals surface area contributed by atoms with Crippen molar-refractivity contribution in [3.63, 3.8) is 0 Å². The van der Waals surface area contributed by atoms with Crippen molar-refractivity contribution < 1.29 is 13.5 Å². The summed E-state index contributed by atoms with van der Waals surface area (Å²) in [4.78, 5) is 0. The number of nitrogens with one attached hydrogen (secondary N) is 1. The fraction of sp³-hybridized carbons (Fsp3) is 0.250. The molecular weight excluding hydrogens is 296 g/mol. The maximum absolute atomic E-state index is 13.1. The van der Waals surface area contributed by atoms with E-state index in [1.54, 1.807) is 12.1 Å². The van der Waals surface area contributed by atoms with Crippen LogP contribution in [0.5, 0.6) is 11.5 Å². The summed E-state index contributed by atoms with van der Waals surface area (Å²) < 4.78 is 31.6. The monoisotopic (exact) mass is 311 g/mol. The van der Waals surface area contributed by atoms with Crippen LogP contribution in [0.15, 0.2) is 36.4 Å². The van der Waals surface area contributed by atoms with E-state index < -0.39 is 11.6 Å². The number of hydrogen-bond acceptors (Lipinski definition) is 2. The summed E-state index contributed by atoms with van der Waals surface area (Å²) in [5.74, 6) is -0.949. The van der Waals surface area contributed by atoms with Crippen molar-refractivity contribution >= 4 is 11.6 Å². The van der Waals surface area contributed by atoms with Crippen molar-refractivity contribution in [2.75, 3.05) is 6.54 Å². The molecule has 0 aromatic heterocycles. The van der Waals surface area contributed by atoms with Gasteiger partial charge in [0.25, 0.3) is 0 Å². The summed E-state index contributed by atoms with van der Waals surface area (Å²) in [6.45, 7) is 3.73. The Kier molecular flexibility index (Phi) is 5.53. The highest BCUT2D eigenvalue weighted by atomic mass is 35.5. The molecule has 0 aliphatic rings. The third-order valence-electron chi connectivity index (χ3n) is 2.82. The van der Waals surface area contributed by atoms with E-state index in [2.05, 4.69) is 12.2 Å². The second-order valence-electron chi connectivity index (χ2n) is 4.65. The van der Waals surface area contributed by atoms with Gasteiger partial charge in [0.2, 0.25) is 0 Å². The summed E-state index contributed by atoms with van der Waals surface area (Å²) >= 11 is 6.13. The Morgan fingerprint density at radius 3 is 2.43 bits per heavy atom. The molecular formula is C16H16ClF2NO. The van der Waals surface area contributed by atoms with E-state index in [0.29, 0.717) is 17.3 Å². The molecule has 0 saturated carbocycles. The van der Waals surface area contributed by atoms with Crippen molar-refractivity contribution in [2.45, 2.75) is 19.9 Å². The van der Waals surface area contributed by atoms with Crippen LogP contribution in [0.4, 0.5) is 8.78 Å². The lowest BCUT2D eigenvalue weighted by molar-refractivity contribution is 0.468. The van der Waals surface area contributed by atoms with Gasteiger partial charge in [-0.25, -0.2) is 8.78 Å². The third kappa shape index (κ3) is 4.69. The zero-order chi connectivity index (χ0) is 15.2. The highest BCUT2D eigenvalue weighted by molar-refractivity contribution is 6.32. The van der Waals surface area contributed by atoms with Crippen LogP contribution in [0.2, 0.25) is 5.02 Å². The molecule has 2 aromatic carbocycles. The first-order chi connectivity index (χ1) is 10.1. The normalized spacial score (nSPS) is 10.7. The maximum Gasteiger partial charge on any atom is 0.146 e. The summed E-state index contributed by atoms with van der Waals surface area (Å²) in [6.07, 6.45) is 1.06. The SMILES string of the molecule is CCCNCc1ccc(Oc2cc(F)cc(F)c2)c(Cl)c1. The molecule has 0 heterocycles. The molecule has 0 saturated heterocycles. The number of ether oxygens (including phenoxy) is 1. The second kappa shape index (κ2) is 7.38. The van der Waals surface area contributed by atoms with Gasteiger partial charge in [0.05, 0.1) is 5.02 Å². The van der Waals surface area contributed by atoms with Crippen molar-refractivity contribution in [1.29, 1.82) is 0 Å². The van der Waals surface area contributed by atoms with Crippen LogP contribution in [0, 0.1) is 11.6 Å². The molecule has 112 valence electrons. The van der Waals surface area contributed by atoms with Crippen LogP contribution >= 0.6 is 11.6 Å². The van der Waals surface area contributed by atoms with Gasteiger partial charge in [-0.3, -0.25) is 0 Å². The number of benzene rings is 2. The molecule has 5 heteroatoms. The van der Waals surface area contributed by atoms with E-state index in [1.165, 1.54) is 0 Å². The first-order valence-electron chi connectivity index (χ1n) is 6.71. The lowest BCUT2D eigenvalue weighted by atomic mass is 10.2. The van der Waals surface area contributed by atoms with Crippen LogP contribution in [-0.4, -0.2) is 6.54 Å². The molecule has 0 aliphatic heterocycles. The Hall–Kier alpha value is -1.65. The average Bonchev–Trinajstić information content (AvgIpc) is 2.41. The quantitative estimate of drug-likeness (QED) is 0.765. The van der Waals surface area contributed by atoms with E-state index in [1.807, 2.05) is 6.07 Å². The van der Waals surface area contributed by atoms with E-state index >= 15 is 0 Å². The lowest BCUT2D eigenvalue weighted by Crippen LogP contribution is -2.13. The molecule has 0 radical (unpaired) electrons. The van der Waals surface area contributed by atoms with E-state index in [9.17, 15) is 8.78 Å². The Morgan fingerprint density at radius 1 is 1.10 bits per heavy atom. The van der Waals surface area contributed by atoms with Gasteiger partial charge < -0.3 is 10.1 Å². The molecule has 0 fully saturated rings. The highest BCUT2D eigenvalue weighted by Crippen LogP contribution is 2.30. The Bertz CT molecular complexity index is 599. The fourth-order valence-corrected chi connectivity index (χ4v) is 2.10. The molecule has 0 unspecified atom stereocenters. The predicted molar refractivity (Wildman–Crippen MR) is 79.9 cm³/mol. The third-order valence-corrected chi connectivity index (χ3v) is 3.11. The van der Waals surface area contributed by atoms with Gasteiger partial charge in [0.15, 0.2) is 0 Å². The average molecular weight is 312 g/mol. The van der Waals surface area contributed by atoms with Gasteiger partial charge >= 0.3 is 0 Å². The molecule has 21 heavy (non-hydrogen) atoms. The van der Waals surface area contributed by atoms with Crippen LogP contribution in [-0.2, 0) is 6.54 Å². The van der Waals surface area contributed by atoms with Crippen molar-refractivity contribution in [2.24, 2.45) is 0 Å². The minimum Gasteiger partial charge on any atom is -0.456 e. The van der Waals surface area contributed by atoms with Crippen LogP contribution in [0.1, 0.15) is 18.9 Å². The van der Waals surface area contributed by atoms with Gasteiger partial charge in [0.1, 0.15) is 23.1 Å². The van der Waals surface area contributed by atoms with Gasteiger partial charge in [-0.15, -0.1) is 0 Å². The standard InChI is InChI=1S/C16H16ClF2NO/c1-2-5-20-10-11-3-4-16(15(17)6-11)21-14-8-12(18)7-13(19)9-14/h3-4,6-9,20H,2,5,10H2,1H3. The smallest absolute Gasteiger partial charge is 0.146 e. The molecule has 1 N–H and O–H groups in total. The van der Waals surface area contributed by atoms with Crippen LogP contribution in [0.25, 0.3) is 0 Å². The fourth-order valence-electron chi connectivity index (χ4n) is 1.86. The van der Waals surface area contributed by atoms with Crippen molar-refractivity contribution in [3.05, 3.63) is 58.6 Å². The van der Waals surface area contributed by atoms with Gasteiger partial charge in [-0.2, -0.15) is 0 Å². The largest absolute Gasteiger partial charge is 0.456 e. The number of rotatable bonds is 6. The zero-order valence-corrected chi connectivity index (χ0v) is 12.4. The van der Waals surface area contributed by atoms with E-state index in [4.69, 9.17) is 16.3 Å². The van der Waals surface area contributed by atoms with Crippen molar-refractivity contribution in [3.8, 4) is 11.5 Å². The summed E-state index contributed by atoms with van der Waals surface area (Å²) in [5.41, 5.74) is 1.02. The minimum atomic E-state index is -0.693. The lowest BCUT2D eigenvalue weighted by Gasteiger charge is -2.10. The Balaban J connectivity index is 2.10. The molecule has 0 aliphatic carbocycles. The Morgan fingerprint density at radius 2 is 1.81 bits per heavy atom. The minimum absolute atomic E-state index is 0.0752. The Labute approximate surface area is 127 Å². The van der Waals surface area contributed by atoms with E-state index in [-0.39, 0.29) is 5.75 Å². The molecule has 2 nitrogen and oxygen atoms in total. The topological polar surface area (TPSA) is 21.3 Å². The summed E-state index contributed by atoms with van der Waals surface area (Å²) in [7, 11) is 0. The van der Waals surface area contributed by atoms with Crippen LogP contribution < -0.4 is 10.1 Å². The predicted octanol–water partition coefficient (Wildman–Crippen LogP) is 4.91. The van der Waals surface area contributed by atoms with Gasteiger partial charge in [0, 0.05) is 24.7 Å². The first kappa shape index (κ1) is 15.7. The maximum atomic E-state index is 13.1. The molecule has 2 aromatic rings. The van der Waals surface area contributed by atoms with Gasteiger partial charge in [-0.05, 0) is 30.7 Å². The first-order valence-corrected chi connectivity index (χ1v) is 7.09. The number of hydrogen-bond donors (Lipinski definition) is 1. The van der Waals surface area contributed by atoms with Gasteiger partial charge in [-0.1, -0.05) is 24.6 Å². The summed E-state index contributed by atoms with van der Waals surface area (Å²) in [6, 6.07) is 8.33. The summed E-state index contributed by atoms with van der Waals surface area (Å²) in [5, 5.41) is 3.66. The zero-order valence-electron chi connectivity index (χ0n) is 11.6. The van der Waals surface area contributed by atoms with Crippen LogP contribution in [0.3, 0.4) is 0 Å². The number of halogens is 3. The van der Waals surface area contributed by atoms with E-state index in [0.717, 1.165) is 36.7 Å². The molecule has 2 rings (SSSR count). The molecule has 0 atom stereocenters. The highest BCUT2D eigenvalue weighted by Gasteiger charge is 2.07.